The third kappa shape index (κ3) is 8.20. The molecule has 10 nitrogen and oxygen atoms in total. The van der Waals surface area contributed by atoms with E-state index < -0.39 is 7.12 Å². The number of nitrogens with zero attached hydrogens (tertiary/aromatic N) is 4. The van der Waals surface area contributed by atoms with Crippen LogP contribution in [0.3, 0.4) is 0 Å². The summed E-state index contributed by atoms with van der Waals surface area (Å²) in [7, 11) is -1.41. The van der Waals surface area contributed by atoms with Gasteiger partial charge in [0, 0.05) is 75.9 Å². The zero-order valence-corrected chi connectivity index (χ0v) is 32.2. The highest BCUT2D eigenvalue weighted by molar-refractivity contribution is 9.10. The molecule has 280 valence electrons. The molecular weight excluding hydrogens is 791 g/mol. The number of fused-ring (bicyclic) bond motifs is 4. The monoisotopic (exact) mass is 822 g/mol. The van der Waals surface area contributed by atoms with E-state index in [2.05, 4.69) is 53.0 Å². The number of aromatic amines is 2. The molecule has 6 heterocycles. The van der Waals surface area contributed by atoms with Crippen LogP contribution in [0.2, 0.25) is 0 Å². The normalized spacial score (nSPS) is 10.8. The fraction of sp³-hybridized carbons (Fsp3) is 0. The lowest BCUT2D eigenvalue weighted by atomic mass is 9.79. The molecule has 0 aliphatic rings. The largest absolute Gasteiger partial charge is 0.488 e. The smallest absolute Gasteiger partial charge is 0.423 e. The van der Waals surface area contributed by atoms with Gasteiger partial charge in [0.15, 0.2) is 10.9 Å². The number of H-pyrrole nitrogens is 2. The zero-order valence-electron chi connectivity index (χ0n) is 30.6. The number of halogens is 1. The van der Waals surface area contributed by atoms with E-state index in [4.69, 9.17) is 15.0 Å². The Bertz CT molecular complexity index is 3180. The van der Waals surface area contributed by atoms with Crippen molar-refractivity contribution in [2.24, 2.45) is 0 Å². The summed E-state index contributed by atoms with van der Waals surface area (Å²) in [6, 6.07) is 41.9. The lowest BCUT2D eigenvalue weighted by Crippen LogP contribution is -2.29. The van der Waals surface area contributed by atoms with Crippen molar-refractivity contribution in [1.29, 1.82) is 0 Å². The molecule has 0 amide bonds. The molecule has 4 aromatic carbocycles. The molecule has 0 atom stereocenters. The Morgan fingerprint density at radius 2 is 1.05 bits per heavy atom. The summed E-state index contributed by atoms with van der Waals surface area (Å²) >= 11 is 3.47. The van der Waals surface area contributed by atoms with Crippen molar-refractivity contribution >= 4 is 72.1 Å². The van der Waals surface area contributed by atoms with E-state index in [1.165, 1.54) is 12.1 Å². The predicted octanol–water partition coefficient (Wildman–Crippen LogP) is 8.07. The van der Waals surface area contributed by atoms with Crippen LogP contribution in [0.1, 0.15) is 0 Å². The average molecular weight is 824 g/mol. The molecule has 0 fully saturated rings. The zero-order chi connectivity index (χ0) is 40.0. The van der Waals surface area contributed by atoms with Crippen LogP contribution in [-0.2, 0) is 0 Å². The fourth-order valence-electron chi connectivity index (χ4n) is 6.52. The maximum atomic E-state index is 12.4. The Morgan fingerprint density at radius 1 is 0.517 bits per heavy atom. The second-order valence-corrected chi connectivity index (χ2v) is 14.1. The lowest BCUT2D eigenvalue weighted by Gasteiger charge is -2.12. The van der Waals surface area contributed by atoms with E-state index in [9.17, 15) is 9.59 Å². The number of hydrogen-bond donors (Lipinski definition) is 4. The van der Waals surface area contributed by atoms with E-state index in [0.717, 1.165) is 59.7 Å². The van der Waals surface area contributed by atoms with Crippen LogP contribution in [-0.4, -0.2) is 47.1 Å². The van der Waals surface area contributed by atoms with E-state index in [0.29, 0.717) is 27.5 Å². The third-order valence-corrected chi connectivity index (χ3v) is 10.1. The summed E-state index contributed by atoms with van der Waals surface area (Å²) in [6.07, 6.45) is 10.3. The number of aromatic nitrogens is 6. The topological polar surface area (TPSA) is 158 Å². The molecule has 0 unspecified atom stereocenters. The van der Waals surface area contributed by atoms with Gasteiger partial charge in [-0.2, -0.15) is 0 Å². The van der Waals surface area contributed by atoms with Crippen LogP contribution in [0.4, 0.5) is 0 Å². The van der Waals surface area contributed by atoms with Crippen molar-refractivity contribution in [3.8, 4) is 33.6 Å². The Balaban J connectivity index is 0.000000131. The maximum absolute atomic E-state index is 12.4. The van der Waals surface area contributed by atoms with Gasteiger partial charge in [0.05, 0.1) is 22.2 Å². The van der Waals surface area contributed by atoms with Gasteiger partial charge in [0.1, 0.15) is 11.3 Å². The van der Waals surface area contributed by atoms with Crippen molar-refractivity contribution in [2.45, 2.75) is 0 Å². The second-order valence-electron chi connectivity index (χ2n) is 13.2. The van der Waals surface area contributed by atoms with E-state index in [1.54, 1.807) is 43.1 Å². The molecule has 12 heteroatoms. The Morgan fingerprint density at radius 3 is 1.66 bits per heavy atom. The third-order valence-electron chi connectivity index (χ3n) is 9.45. The Hall–Kier alpha value is -7.12. The number of rotatable bonds is 4. The fourth-order valence-corrected chi connectivity index (χ4v) is 7.06. The van der Waals surface area contributed by atoms with Gasteiger partial charge >= 0.3 is 7.12 Å². The molecule has 0 aliphatic heterocycles. The molecular formula is C46H32BBrN6O4. The first-order valence-corrected chi connectivity index (χ1v) is 19.0. The molecule has 10 aromatic rings. The van der Waals surface area contributed by atoms with Gasteiger partial charge in [0.25, 0.3) is 0 Å². The van der Waals surface area contributed by atoms with Crippen LogP contribution < -0.4 is 16.3 Å². The highest BCUT2D eigenvalue weighted by Gasteiger charge is 2.14. The SMILES string of the molecule is O=c1cc[nH]c2nc(-c3ccccc3)c(-c3ccc4cnccc4c3)cc12.O=c1cc[nH]c2nc(-c3ccccc3)c(Br)cc12.OB(O)c1ccc2cnccc2c1. The van der Waals surface area contributed by atoms with Gasteiger partial charge in [-0.1, -0.05) is 91.0 Å². The quantitative estimate of drug-likeness (QED) is 0.130. The Kier molecular flexibility index (Phi) is 11.0. The molecule has 58 heavy (non-hydrogen) atoms. The molecule has 0 aliphatic carbocycles. The predicted molar refractivity (Wildman–Crippen MR) is 236 cm³/mol. The minimum Gasteiger partial charge on any atom is -0.423 e. The van der Waals surface area contributed by atoms with Crippen molar-refractivity contribution in [3.63, 3.8) is 0 Å². The molecule has 0 spiro atoms. The number of hydrogen-bond acceptors (Lipinski definition) is 8. The van der Waals surface area contributed by atoms with E-state index in [-0.39, 0.29) is 10.9 Å². The van der Waals surface area contributed by atoms with Gasteiger partial charge in [-0.15, -0.1) is 0 Å². The maximum Gasteiger partial charge on any atom is 0.488 e. The highest BCUT2D eigenvalue weighted by atomic mass is 79.9. The van der Waals surface area contributed by atoms with E-state index in [1.807, 2.05) is 103 Å². The summed E-state index contributed by atoms with van der Waals surface area (Å²) < 4.78 is 0.818. The standard InChI is InChI=1S/C23H15N3O.C14H9BrN2O.C9H8BNO2/c27-21-9-11-25-23-20(21)13-19(22(26-23)15-4-2-1-3-5-15)17-6-7-18-14-24-10-8-16(18)12-17;15-11-8-10-12(18)6-7-16-14(10)17-13(11)9-4-2-1-3-5-9;12-10(13)9-2-1-8-6-11-4-3-7(8)5-9/h1-14H,(H,25,26,27);1-8H,(H,16,17,18);1-6,12-13H. The van der Waals surface area contributed by atoms with Crippen LogP contribution in [0, 0.1) is 0 Å². The summed E-state index contributed by atoms with van der Waals surface area (Å²) in [5.74, 6) is 0. The van der Waals surface area contributed by atoms with Gasteiger partial charge in [-0.3, -0.25) is 19.6 Å². The van der Waals surface area contributed by atoms with Crippen LogP contribution in [0.5, 0.6) is 0 Å². The van der Waals surface area contributed by atoms with Crippen molar-refractivity contribution in [2.75, 3.05) is 0 Å². The van der Waals surface area contributed by atoms with Gasteiger partial charge in [0.2, 0.25) is 0 Å². The van der Waals surface area contributed by atoms with Crippen LogP contribution in [0.25, 0.3) is 77.3 Å². The molecule has 0 bridgehead atoms. The number of nitrogens with one attached hydrogen (secondary N) is 2. The summed E-state index contributed by atoms with van der Waals surface area (Å²) in [4.78, 5) is 47.6. The molecule has 4 N–H and O–H groups in total. The van der Waals surface area contributed by atoms with Crippen molar-refractivity contribution in [1.82, 2.24) is 29.9 Å². The summed E-state index contributed by atoms with van der Waals surface area (Å²) in [5, 5.41) is 23.1. The lowest BCUT2D eigenvalue weighted by molar-refractivity contribution is 0.426. The van der Waals surface area contributed by atoms with Crippen LogP contribution in [0.15, 0.2) is 185 Å². The first-order chi connectivity index (χ1) is 28.3. The summed E-state index contributed by atoms with van der Waals surface area (Å²) in [6.45, 7) is 0. The van der Waals surface area contributed by atoms with Gasteiger partial charge in [-0.05, 0) is 73.4 Å². The minimum absolute atomic E-state index is 0.0310. The average Bonchev–Trinajstić information content (AvgIpc) is 3.27. The van der Waals surface area contributed by atoms with Crippen LogP contribution >= 0.6 is 15.9 Å². The number of benzene rings is 4. The van der Waals surface area contributed by atoms with E-state index >= 15 is 0 Å². The molecule has 10 rings (SSSR count). The highest BCUT2D eigenvalue weighted by Crippen LogP contribution is 2.34. The second kappa shape index (κ2) is 16.9. The van der Waals surface area contributed by atoms with Gasteiger partial charge < -0.3 is 20.0 Å². The minimum atomic E-state index is -1.41. The molecule has 0 saturated carbocycles. The van der Waals surface area contributed by atoms with Crippen molar-refractivity contribution < 1.29 is 10.0 Å². The molecule has 0 radical (unpaired) electrons. The first-order valence-electron chi connectivity index (χ1n) is 18.2. The summed E-state index contributed by atoms with van der Waals surface area (Å²) in [5.41, 5.74) is 7.26. The molecule has 0 saturated heterocycles. The number of pyridine rings is 6. The Labute approximate surface area is 339 Å². The van der Waals surface area contributed by atoms with Crippen molar-refractivity contribution in [3.05, 3.63) is 196 Å². The first kappa shape index (κ1) is 37.8. The molecule has 6 aromatic heterocycles. The van der Waals surface area contributed by atoms with Gasteiger partial charge in [-0.25, -0.2) is 9.97 Å².